The largest absolute Gasteiger partial charge is 0.350 e. The lowest BCUT2D eigenvalue weighted by atomic mass is 10.1. The molecular formula is C16H16N4O3S. The lowest BCUT2D eigenvalue weighted by molar-refractivity contribution is -0.114. The highest BCUT2D eigenvalue weighted by Gasteiger charge is 2.18. The SMILES string of the molecule is Cn1cc(S(=O)(=O)NC(=O)/C=C\c2cn(C)c3ccccc23)cn1. The van der Waals surface area contributed by atoms with Gasteiger partial charge >= 0.3 is 0 Å². The molecule has 124 valence electrons. The maximum atomic E-state index is 12.1. The molecule has 0 atom stereocenters. The van der Waals surface area contributed by atoms with Gasteiger partial charge in [0.1, 0.15) is 4.90 Å². The minimum Gasteiger partial charge on any atom is -0.350 e. The number of aryl methyl sites for hydroxylation is 2. The fourth-order valence-electron chi connectivity index (χ4n) is 2.43. The molecule has 8 heteroatoms. The van der Waals surface area contributed by atoms with Crippen LogP contribution in [0.2, 0.25) is 0 Å². The summed E-state index contributed by atoms with van der Waals surface area (Å²) in [6.07, 6.45) is 7.18. The van der Waals surface area contributed by atoms with Crippen molar-refractivity contribution in [1.82, 2.24) is 19.1 Å². The van der Waals surface area contributed by atoms with Crippen molar-refractivity contribution in [2.75, 3.05) is 0 Å². The Morgan fingerprint density at radius 3 is 2.67 bits per heavy atom. The molecule has 3 aromatic rings. The van der Waals surface area contributed by atoms with Gasteiger partial charge in [0, 0.05) is 49.0 Å². The number of hydrogen-bond acceptors (Lipinski definition) is 4. The molecule has 0 saturated carbocycles. The van der Waals surface area contributed by atoms with Crippen molar-refractivity contribution >= 4 is 32.9 Å². The Morgan fingerprint density at radius 1 is 1.21 bits per heavy atom. The van der Waals surface area contributed by atoms with Gasteiger partial charge in [-0.2, -0.15) is 5.10 Å². The van der Waals surface area contributed by atoms with Crippen molar-refractivity contribution in [3.63, 3.8) is 0 Å². The summed E-state index contributed by atoms with van der Waals surface area (Å²) in [5, 5.41) is 4.77. The number of carbonyl (C=O) groups is 1. The average Bonchev–Trinajstić information content (AvgIpc) is 3.10. The molecule has 3 rings (SSSR count). The van der Waals surface area contributed by atoms with Crippen LogP contribution in [0.5, 0.6) is 0 Å². The third kappa shape index (κ3) is 3.09. The van der Waals surface area contributed by atoms with Gasteiger partial charge in [-0.05, 0) is 12.1 Å². The van der Waals surface area contributed by atoms with E-state index in [2.05, 4.69) is 5.10 Å². The summed E-state index contributed by atoms with van der Waals surface area (Å²) in [7, 11) is -0.412. The number of sulfonamides is 1. The summed E-state index contributed by atoms with van der Waals surface area (Å²) in [5.41, 5.74) is 1.86. The number of nitrogens with zero attached hydrogens (tertiary/aromatic N) is 3. The van der Waals surface area contributed by atoms with Gasteiger partial charge in [0.05, 0.1) is 6.20 Å². The third-order valence-electron chi connectivity index (χ3n) is 3.57. The van der Waals surface area contributed by atoms with Crippen molar-refractivity contribution < 1.29 is 13.2 Å². The van der Waals surface area contributed by atoms with Crippen molar-refractivity contribution in [2.45, 2.75) is 4.90 Å². The van der Waals surface area contributed by atoms with Crippen molar-refractivity contribution in [3.8, 4) is 0 Å². The summed E-state index contributed by atoms with van der Waals surface area (Å²) in [6.45, 7) is 0. The molecule has 2 heterocycles. The molecule has 1 N–H and O–H groups in total. The smallest absolute Gasteiger partial charge is 0.267 e. The molecule has 0 spiro atoms. The van der Waals surface area contributed by atoms with Crippen LogP contribution in [0.1, 0.15) is 5.56 Å². The molecule has 0 aliphatic heterocycles. The van der Waals surface area contributed by atoms with Gasteiger partial charge in [0.25, 0.3) is 15.9 Å². The lowest BCUT2D eigenvalue weighted by Gasteiger charge is -2.01. The first kappa shape index (κ1) is 16.0. The van der Waals surface area contributed by atoms with Crippen LogP contribution in [0, 0.1) is 0 Å². The molecule has 0 fully saturated rings. The molecule has 0 unspecified atom stereocenters. The van der Waals surface area contributed by atoms with E-state index in [1.165, 1.54) is 23.2 Å². The second kappa shape index (κ2) is 5.97. The van der Waals surface area contributed by atoms with E-state index >= 15 is 0 Å². The van der Waals surface area contributed by atoms with E-state index in [-0.39, 0.29) is 4.90 Å². The first-order valence-electron chi connectivity index (χ1n) is 7.14. The van der Waals surface area contributed by atoms with Gasteiger partial charge in [0.15, 0.2) is 0 Å². The molecule has 24 heavy (non-hydrogen) atoms. The standard InChI is InChI=1S/C16H16N4O3S/c1-19-10-12(14-5-3-4-6-15(14)19)7-8-16(21)18-24(22,23)13-9-17-20(2)11-13/h3-11H,1-2H3,(H,18,21)/b8-7-. The Morgan fingerprint density at radius 2 is 1.96 bits per heavy atom. The minimum absolute atomic E-state index is 0.0584. The van der Waals surface area contributed by atoms with Crippen LogP contribution >= 0.6 is 0 Å². The van der Waals surface area contributed by atoms with E-state index in [1.54, 1.807) is 13.1 Å². The quantitative estimate of drug-likeness (QED) is 0.726. The summed E-state index contributed by atoms with van der Waals surface area (Å²) >= 11 is 0. The minimum atomic E-state index is -3.92. The zero-order valence-corrected chi connectivity index (χ0v) is 14.0. The Kier molecular flexibility index (Phi) is 3.98. The maximum Gasteiger partial charge on any atom is 0.267 e. The van der Waals surface area contributed by atoms with Gasteiger partial charge in [-0.25, -0.2) is 13.1 Å². The predicted octanol–water partition coefficient (Wildman–Crippen LogP) is 1.43. The Hall–Kier alpha value is -2.87. The fraction of sp³-hybridized carbons (Fsp3) is 0.125. The second-order valence-corrected chi connectivity index (χ2v) is 7.05. The molecule has 7 nitrogen and oxygen atoms in total. The van der Waals surface area contributed by atoms with Crippen LogP contribution in [-0.2, 0) is 28.9 Å². The number of nitrogens with one attached hydrogen (secondary N) is 1. The van der Waals surface area contributed by atoms with Crippen LogP contribution in [-0.4, -0.2) is 28.7 Å². The van der Waals surface area contributed by atoms with E-state index in [0.29, 0.717) is 0 Å². The highest BCUT2D eigenvalue weighted by atomic mass is 32.2. The fourth-order valence-corrected chi connectivity index (χ4v) is 3.36. The number of carbonyl (C=O) groups excluding carboxylic acids is 1. The van der Waals surface area contributed by atoms with Gasteiger partial charge in [0.2, 0.25) is 0 Å². The predicted molar refractivity (Wildman–Crippen MR) is 90.5 cm³/mol. The first-order valence-corrected chi connectivity index (χ1v) is 8.63. The molecule has 0 aliphatic rings. The van der Waals surface area contributed by atoms with Crippen LogP contribution < -0.4 is 4.72 Å². The Bertz CT molecular complexity index is 1040. The second-order valence-electron chi connectivity index (χ2n) is 5.37. The van der Waals surface area contributed by atoms with Crippen LogP contribution in [0.3, 0.4) is 0 Å². The number of benzene rings is 1. The van der Waals surface area contributed by atoms with Crippen LogP contribution in [0.25, 0.3) is 17.0 Å². The molecule has 0 saturated heterocycles. The molecule has 0 bridgehead atoms. The van der Waals surface area contributed by atoms with Crippen molar-refractivity contribution in [1.29, 1.82) is 0 Å². The Labute approximate surface area is 139 Å². The molecule has 1 amide bonds. The molecule has 0 radical (unpaired) electrons. The molecular weight excluding hydrogens is 328 g/mol. The molecule has 2 aromatic heterocycles. The van der Waals surface area contributed by atoms with Gasteiger partial charge < -0.3 is 4.57 Å². The highest BCUT2D eigenvalue weighted by molar-refractivity contribution is 7.90. The highest BCUT2D eigenvalue weighted by Crippen LogP contribution is 2.21. The summed E-state index contributed by atoms with van der Waals surface area (Å²) in [4.78, 5) is 11.9. The maximum absolute atomic E-state index is 12.1. The molecule has 1 aromatic carbocycles. The summed E-state index contributed by atoms with van der Waals surface area (Å²) < 4.78 is 29.4. The number of para-hydroxylation sites is 1. The third-order valence-corrected chi connectivity index (χ3v) is 4.87. The van der Waals surface area contributed by atoms with E-state index in [0.717, 1.165) is 16.5 Å². The van der Waals surface area contributed by atoms with E-state index < -0.39 is 15.9 Å². The van der Waals surface area contributed by atoms with E-state index in [1.807, 2.05) is 46.8 Å². The van der Waals surface area contributed by atoms with Gasteiger partial charge in [-0.3, -0.25) is 9.48 Å². The van der Waals surface area contributed by atoms with Crippen LogP contribution in [0.15, 0.2) is 53.8 Å². The number of rotatable bonds is 4. The van der Waals surface area contributed by atoms with Gasteiger partial charge in [-0.15, -0.1) is 0 Å². The Balaban J connectivity index is 1.80. The van der Waals surface area contributed by atoms with Crippen LogP contribution in [0.4, 0.5) is 0 Å². The molecule has 0 aliphatic carbocycles. The number of amides is 1. The zero-order chi connectivity index (χ0) is 17.3. The van der Waals surface area contributed by atoms with Crippen molar-refractivity contribution in [2.24, 2.45) is 14.1 Å². The first-order chi connectivity index (χ1) is 11.4. The topological polar surface area (TPSA) is 86.0 Å². The number of fused-ring (bicyclic) bond motifs is 1. The normalized spacial score (nSPS) is 12.1. The van der Waals surface area contributed by atoms with E-state index in [4.69, 9.17) is 0 Å². The van der Waals surface area contributed by atoms with E-state index in [9.17, 15) is 13.2 Å². The summed E-state index contributed by atoms with van der Waals surface area (Å²) in [6, 6.07) is 7.76. The van der Waals surface area contributed by atoms with Crippen molar-refractivity contribution in [3.05, 3.63) is 54.5 Å². The summed E-state index contributed by atoms with van der Waals surface area (Å²) in [5.74, 6) is -0.716. The lowest BCUT2D eigenvalue weighted by Crippen LogP contribution is -2.28. The van der Waals surface area contributed by atoms with Gasteiger partial charge in [-0.1, -0.05) is 18.2 Å². The number of aromatic nitrogens is 3. The average molecular weight is 344 g/mol. The zero-order valence-electron chi connectivity index (χ0n) is 13.2. The number of hydrogen-bond donors (Lipinski definition) is 1. The monoisotopic (exact) mass is 344 g/mol.